The van der Waals surface area contributed by atoms with Crippen LogP contribution in [0.25, 0.3) is 16.9 Å². The Bertz CT molecular complexity index is 1320. The summed E-state index contributed by atoms with van der Waals surface area (Å²) in [5, 5.41) is 7.66. The maximum absolute atomic E-state index is 12.7. The van der Waals surface area contributed by atoms with Crippen molar-refractivity contribution >= 4 is 15.7 Å². The van der Waals surface area contributed by atoms with Gasteiger partial charge in [0.25, 0.3) is 5.91 Å². The molecular weight excluding hydrogens is 424 g/mol. The Morgan fingerprint density at radius 3 is 2.31 bits per heavy atom. The first-order valence-corrected chi connectivity index (χ1v) is 12.0. The first-order chi connectivity index (χ1) is 15.4. The molecule has 0 spiro atoms. The van der Waals surface area contributed by atoms with Gasteiger partial charge in [0.15, 0.2) is 9.84 Å². The lowest BCUT2D eigenvalue weighted by molar-refractivity contribution is 0.0951. The number of hydrogen-bond donors (Lipinski definition) is 1. The zero-order chi connectivity index (χ0) is 22.6. The predicted octanol–water partition coefficient (Wildman–Crippen LogP) is 3.41. The fourth-order valence-electron chi connectivity index (χ4n) is 3.34. The van der Waals surface area contributed by atoms with E-state index in [0.29, 0.717) is 11.1 Å². The molecule has 4 rings (SSSR count). The van der Waals surface area contributed by atoms with Crippen molar-refractivity contribution in [2.45, 2.75) is 12.3 Å². The molecule has 4 aromatic rings. The molecule has 32 heavy (non-hydrogen) atoms. The number of benzene rings is 2. The molecule has 7 nitrogen and oxygen atoms in total. The normalized spacial score (nSPS) is 11.3. The lowest BCUT2D eigenvalue weighted by Gasteiger charge is -2.07. The number of rotatable bonds is 7. The summed E-state index contributed by atoms with van der Waals surface area (Å²) < 4.78 is 24.7. The monoisotopic (exact) mass is 446 g/mol. The zero-order valence-corrected chi connectivity index (χ0v) is 18.3. The topological polar surface area (TPSA) is 94.0 Å². The number of sulfone groups is 1. The van der Waals surface area contributed by atoms with Crippen molar-refractivity contribution in [3.8, 4) is 16.9 Å². The summed E-state index contributed by atoms with van der Waals surface area (Å²) >= 11 is 0. The van der Waals surface area contributed by atoms with Gasteiger partial charge in [0.1, 0.15) is 0 Å². The summed E-state index contributed by atoms with van der Waals surface area (Å²) in [6.45, 7) is 0.286. The molecule has 0 unspecified atom stereocenters. The van der Waals surface area contributed by atoms with E-state index in [1.54, 1.807) is 41.3 Å². The minimum atomic E-state index is -3.12. The van der Waals surface area contributed by atoms with Gasteiger partial charge in [0.05, 0.1) is 17.1 Å². The second-order valence-electron chi connectivity index (χ2n) is 7.47. The number of nitrogens with zero attached hydrogens (tertiary/aromatic N) is 3. The molecule has 0 bridgehead atoms. The van der Waals surface area contributed by atoms with Crippen molar-refractivity contribution < 1.29 is 13.2 Å². The predicted molar refractivity (Wildman–Crippen MR) is 123 cm³/mol. The largest absolute Gasteiger partial charge is 0.348 e. The van der Waals surface area contributed by atoms with Crippen molar-refractivity contribution in [2.24, 2.45) is 0 Å². The Labute approximate surface area is 186 Å². The van der Waals surface area contributed by atoms with Crippen LogP contribution in [0.5, 0.6) is 0 Å². The summed E-state index contributed by atoms with van der Waals surface area (Å²) in [5.41, 5.74) is 4.56. The molecule has 0 saturated heterocycles. The van der Waals surface area contributed by atoms with E-state index in [-0.39, 0.29) is 18.2 Å². The van der Waals surface area contributed by atoms with Gasteiger partial charge in [-0.25, -0.2) is 13.1 Å². The van der Waals surface area contributed by atoms with E-state index >= 15 is 0 Å². The van der Waals surface area contributed by atoms with Crippen LogP contribution in [-0.4, -0.2) is 35.3 Å². The second kappa shape index (κ2) is 9.15. The Morgan fingerprint density at radius 2 is 1.66 bits per heavy atom. The van der Waals surface area contributed by atoms with Crippen molar-refractivity contribution in [3.05, 3.63) is 102 Å². The van der Waals surface area contributed by atoms with E-state index in [1.807, 2.05) is 48.7 Å². The van der Waals surface area contributed by atoms with E-state index in [0.717, 1.165) is 22.5 Å². The van der Waals surface area contributed by atoms with Gasteiger partial charge in [0.2, 0.25) is 0 Å². The molecule has 0 aliphatic rings. The lowest BCUT2D eigenvalue weighted by Crippen LogP contribution is -2.22. The molecular formula is C24H22N4O3S. The van der Waals surface area contributed by atoms with Crippen molar-refractivity contribution in [3.63, 3.8) is 0 Å². The highest BCUT2D eigenvalue weighted by molar-refractivity contribution is 7.89. The van der Waals surface area contributed by atoms with E-state index < -0.39 is 9.84 Å². The minimum Gasteiger partial charge on any atom is -0.348 e. The third-order valence-corrected chi connectivity index (χ3v) is 5.71. The summed E-state index contributed by atoms with van der Waals surface area (Å²) in [5.74, 6) is -0.299. The number of para-hydroxylation sites is 1. The SMILES string of the molecule is CS(=O)(=O)Cc1ccc(C(=O)NCc2cn(-c3ccccc3)nc2-c2ccncc2)cc1. The number of aromatic nitrogens is 3. The van der Waals surface area contributed by atoms with Crippen molar-refractivity contribution in [2.75, 3.05) is 6.26 Å². The van der Waals surface area contributed by atoms with Crippen LogP contribution in [0.15, 0.2) is 85.3 Å². The summed E-state index contributed by atoms with van der Waals surface area (Å²) in [6.07, 6.45) is 6.50. The third-order valence-electron chi connectivity index (χ3n) is 4.85. The summed E-state index contributed by atoms with van der Waals surface area (Å²) in [4.78, 5) is 16.7. The molecule has 0 fully saturated rings. The first-order valence-electron chi connectivity index (χ1n) is 9.98. The molecule has 1 N–H and O–H groups in total. The fraction of sp³-hybridized carbons (Fsp3) is 0.125. The van der Waals surface area contributed by atoms with Gasteiger partial charge in [-0.05, 0) is 42.0 Å². The second-order valence-corrected chi connectivity index (χ2v) is 9.61. The van der Waals surface area contributed by atoms with Gasteiger partial charge in [-0.3, -0.25) is 9.78 Å². The van der Waals surface area contributed by atoms with E-state index in [2.05, 4.69) is 10.3 Å². The number of nitrogens with one attached hydrogen (secondary N) is 1. The maximum Gasteiger partial charge on any atom is 0.251 e. The van der Waals surface area contributed by atoms with Gasteiger partial charge < -0.3 is 5.32 Å². The van der Waals surface area contributed by atoms with Gasteiger partial charge in [-0.15, -0.1) is 0 Å². The molecule has 1 amide bonds. The maximum atomic E-state index is 12.7. The third kappa shape index (κ3) is 5.28. The molecule has 0 radical (unpaired) electrons. The van der Waals surface area contributed by atoms with Crippen LogP contribution in [0.2, 0.25) is 0 Å². The molecule has 0 aliphatic carbocycles. The van der Waals surface area contributed by atoms with Crippen LogP contribution in [0.1, 0.15) is 21.5 Å². The molecule has 0 aliphatic heterocycles. The van der Waals surface area contributed by atoms with E-state index in [1.165, 1.54) is 6.26 Å². The fourth-order valence-corrected chi connectivity index (χ4v) is 4.14. The Balaban J connectivity index is 1.54. The highest BCUT2D eigenvalue weighted by Gasteiger charge is 2.14. The van der Waals surface area contributed by atoms with Gasteiger partial charge in [-0.2, -0.15) is 5.10 Å². The van der Waals surface area contributed by atoms with Crippen LogP contribution >= 0.6 is 0 Å². The molecule has 2 heterocycles. The Hall–Kier alpha value is -3.78. The highest BCUT2D eigenvalue weighted by atomic mass is 32.2. The zero-order valence-electron chi connectivity index (χ0n) is 17.5. The molecule has 2 aromatic heterocycles. The standard InChI is InChI=1S/C24H22N4O3S/c1-32(30,31)17-18-7-9-20(10-8-18)24(29)26-15-21-16-28(22-5-3-2-4-6-22)27-23(21)19-11-13-25-14-12-19/h2-14,16H,15,17H2,1H3,(H,26,29). The van der Waals surface area contributed by atoms with Gasteiger partial charge in [-0.1, -0.05) is 30.3 Å². The Morgan fingerprint density at radius 1 is 0.969 bits per heavy atom. The summed E-state index contributed by atoms with van der Waals surface area (Å²) in [7, 11) is -3.12. The van der Waals surface area contributed by atoms with Crippen LogP contribution < -0.4 is 5.32 Å². The molecule has 162 valence electrons. The van der Waals surface area contributed by atoms with Crippen LogP contribution in [0.4, 0.5) is 0 Å². The molecule has 2 aromatic carbocycles. The lowest BCUT2D eigenvalue weighted by atomic mass is 10.1. The van der Waals surface area contributed by atoms with Crippen LogP contribution in [-0.2, 0) is 22.1 Å². The molecule has 0 saturated carbocycles. The van der Waals surface area contributed by atoms with E-state index in [4.69, 9.17) is 5.10 Å². The number of carbonyl (C=O) groups is 1. The first kappa shape index (κ1) is 21.5. The average molecular weight is 447 g/mol. The van der Waals surface area contributed by atoms with Crippen molar-refractivity contribution in [1.82, 2.24) is 20.1 Å². The average Bonchev–Trinajstić information content (AvgIpc) is 3.22. The van der Waals surface area contributed by atoms with Crippen molar-refractivity contribution in [1.29, 1.82) is 0 Å². The molecule has 8 heteroatoms. The number of carbonyl (C=O) groups excluding carboxylic acids is 1. The number of pyridine rings is 1. The summed E-state index contributed by atoms with van der Waals surface area (Å²) in [6, 6.07) is 20.1. The Kier molecular flexibility index (Phi) is 6.13. The number of hydrogen-bond acceptors (Lipinski definition) is 5. The molecule has 0 atom stereocenters. The van der Waals surface area contributed by atoms with Crippen LogP contribution in [0.3, 0.4) is 0 Å². The quantitative estimate of drug-likeness (QED) is 0.470. The van der Waals surface area contributed by atoms with Gasteiger partial charge >= 0.3 is 0 Å². The number of amides is 1. The minimum absolute atomic E-state index is 0.0527. The van der Waals surface area contributed by atoms with Crippen LogP contribution in [0, 0.1) is 0 Å². The van der Waals surface area contributed by atoms with Gasteiger partial charge in [0, 0.05) is 48.1 Å². The van der Waals surface area contributed by atoms with E-state index in [9.17, 15) is 13.2 Å². The highest BCUT2D eigenvalue weighted by Crippen LogP contribution is 2.23. The smallest absolute Gasteiger partial charge is 0.251 e.